The molecule has 6 heteroatoms. The van der Waals surface area contributed by atoms with Crippen LogP contribution in [0.4, 0.5) is 0 Å². The summed E-state index contributed by atoms with van der Waals surface area (Å²) >= 11 is 0. The lowest BCUT2D eigenvalue weighted by atomic mass is 10.1. The van der Waals surface area contributed by atoms with Crippen molar-refractivity contribution in [3.05, 3.63) is 35.9 Å². The molecule has 1 aromatic heterocycles. The van der Waals surface area contributed by atoms with Crippen molar-refractivity contribution in [3.8, 4) is 11.5 Å². The van der Waals surface area contributed by atoms with E-state index in [4.69, 9.17) is 9.47 Å². The Labute approximate surface area is 98.2 Å². The molecule has 1 atom stereocenters. The minimum atomic E-state index is -0.864. The second-order valence-corrected chi connectivity index (χ2v) is 3.39. The van der Waals surface area contributed by atoms with Crippen molar-refractivity contribution in [1.82, 2.24) is 15.2 Å². The summed E-state index contributed by atoms with van der Waals surface area (Å²) < 4.78 is 10.3. The van der Waals surface area contributed by atoms with Gasteiger partial charge in [-0.3, -0.25) is 5.10 Å². The molecule has 1 aromatic carbocycles. The van der Waals surface area contributed by atoms with Gasteiger partial charge in [0.15, 0.2) is 17.3 Å². The topological polar surface area (TPSA) is 80.3 Å². The zero-order chi connectivity index (χ0) is 12.3. The predicted octanol–water partition coefficient (Wildman–Crippen LogP) is 0.904. The van der Waals surface area contributed by atoms with Crippen molar-refractivity contribution in [1.29, 1.82) is 0 Å². The maximum Gasteiger partial charge on any atom is 0.161 e. The number of hydrogen-bond acceptors (Lipinski definition) is 5. The van der Waals surface area contributed by atoms with Crippen molar-refractivity contribution in [2.24, 2.45) is 0 Å². The number of aromatic amines is 1. The van der Waals surface area contributed by atoms with Gasteiger partial charge in [-0.05, 0) is 17.7 Å². The summed E-state index contributed by atoms with van der Waals surface area (Å²) in [6.07, 6.45) is 0.483. The van der Waals surface area contributed by atoms with Crippen LogP contribution in [-0.2, 0) is 0 Å². The van der Waals surface area contributed by atoms with Gasteiger partial charge in [0, 0.05) is 0 Å². The second kappa shape index (κ2) is 4.84. The van der Waals surface area contributed by atoms with E-state index in [0.29, 0.717) is 22.9 Å². The average molecular weight is 235 g/mol. The molecule has 0 aliphatic carbocycles. The van der Waals surface area contributed by atoms with Gasteiger partial charge in [-0.25, -0.2) is 4.98 Å². The van der Waals surface area contributed by atoms with E-state index in [-0.39, 0.29) is 0 Å². The lowest BCUT2D eigenvalue weighted by Gasteiger charge is -2.12. The number of H-pyrrole nitrogens is 1. The number of aliphatic hydroxyl groups excluding tert-OH is 1. The Morgan fingerprint density at radius 1 is 1.24 bits per heavy atom. The van der Waals surface area contributed by atoms with E-state index >= 15 is 0 Å². The fourth-order valence-electron chi connectivity index (χ4n) is 1.53. The molecule has 6 nitrogen and oxygen atoms in total. The van der Waals surface area contributed by atoms with Gasteiger partial charge < -0.3 is 14.6 Å². The monoisotopic (exact) mass is 235 g/mol. The van der Waals surface area contributed by atoms with E-state index in [1.807, 2.05) is 0 Å². The van der Waals surface area contributed by atoms with Crippen LogP contribution in [0.1, 0.15) is 17.5 Å². The number of methoxy groups -OCH3 is 2. The van der Waals surface area contributed by atoms with Gasteiger partial charge >= 0.3 is 0 Å². The van der Waals surface area contributed by atoms with Crippen molar-refractivity contribution in [3.63, 3.8) is 0 Å². The molecule has 1 heterocycles. The normalized spacial score (nSPS) is 12.2. The Morgan fingerprint density at radius 2 is 2.00 bits per heavy atom. The first-order chi connectivity index (χ1) is 8.26. The van der Waals surface area contributed by atoms with Crippen LogP contribution in [0.25, 0.3) is 0 Å². The summed E-state index contributed by atoms with van der Waals surface area (Å²) in [5, 5.41) is 16.3. The molecule has 0 saturated heterocycles. The van der Waals surface area contributed by atoms with Crippen molar-refractivity contribution in [2.45, 2.75) is 6.10 Å². The van der Waals surface area contributed by atoms with Gasteiger partial charge in [-0.2, -0.15) is 5.10 Å². The van der Waals surface area contributed by atoms with Crippen LogP contribution < -0.4 is 9.47 Å². The lowest BCUT2D eigenvalue weighted by Crippen LogP contribution is -2.03. The smallest absolute Gasteiger partial charge is 0.161 e. The molecule has 2 aromatic rings. The predicted molar refractivity (Wildman–Crippen MR) is 60.0 cm³/mol. The third-order valence-electron chi connectivity index (χ3n) is 2.42. The summed E-state index contributed by atoms with van der Waals surface area (Å²) in [6, 6.07) is 5.17. The van der Waals surface area contributed by atoms with Crippen LogP contribution in [-0.4, -0.2) is 34.5 Å². The highest BCUT2D eigenvalue weighted by Crippen LogP contribution is 2.31. The maximum absolute atomic E-state index is 10.0. The fraction of sp³-hybridized carbons (Fsp3) is 0.273. The van der Waals surface area contributed by atoms with Gasteiger partial charge in [0.2, 0.25) is 0 Å². The van der Waals surface area contributed by atoms with Crippen molar-refractivity contribution >= 4 is 0 Å². The largest absolute Gasteiger partial charge is 0.493 e. The Kier molecular flexibility index (Phi) is 3.24. The van der Waals surface area contributed by atoms with E-state index in [0.717, 1.165) is 0 Å². The fourth-order valence-corrected chi connectivity index (χ4v) is 1.53. The minimum Gasteiger partial charge on any atom is -0.493 e. The third kappa shape index (κ3) is 2.21. The number of hydrogen-bond donors (Lipinski definition) is 2. The first kappa shape index (κ1) is 11.4. The molecule has 0 saturated carbocycles. The van der Waals surface area contributed by atoms with Crippen molar-refractivity contribution < 1.29 is 14.6 Å². The van der Waals surface area contributed by atoms with Crippen LogP contribution in [0.2, 0.25) is 0 Å². The quantitative estimate of drug-likeness (QED) is 0.823. The van der Waals surface area contributed by atoms with Gasteiger partial charge in [-0.1, -0.05) is 6.07 Å². The van der Waals surface area contributed by atoms with Crippen LogP contribution in [0.5, 0.6) is 11.5 Å². The number of nitrogens with one attached hydrogen (secondary N) is 1. The van der Waals surface area contributed by atoms with Crippen LogP contribution in [0.3, 0.4) is 0 Å². The summed E-state index contributed by atoms with van der Waals surface area (Å²) in [5.74, 6) is 1.56. The van der Waals surface area contributed by atoms with Crippen LogP contribution in [0.15, 0.2) is 24.5 Å². The van der Waals surface area contributed by atoms with E-state index in [2.05, 4.69) is 15.2 Å². The molecule has 1 unspecified atom stereocenters. The Bertz CT molecular complexity index is 485. The zero-order valence-electron chi connectivity index (χ0n) is 9.54. The minimum absolute atomic E-state index is 0.386. The molecule has 0 radical (unpaired) electrons. The Hall–Kier alpha value is -2.08. The van der Waals surface area contributed by atoms with E-state index in [9.17, 15) is 5.11 Å². The SMILES string of the molecule is COc1ccc(C(O)c2ncn[nH]2)cc1OC. The highest BCUT2D eigenvalue weighted by molar-refractivity contribution is 5.44. The summed E-state index contributed by atoms with van der Waals surface area (Å²) in [7, 11) is 3.10. The van der Waals surface area contributed by atoms with Gasteiger partial charge in [0.05, 0.1) is 14.2 Å². The van der Waals surface area contributed by atoms with Gasteiger partial charge in [0.25, 0.3) is 0 Å². The number of ether oxygens (including phenoxy) is 2. The van der Waals surface area contributed by atoms with E-state index < -0.39 is 6.10 Å². The van der Waals surface area contributed by atoms with Crippen LogP contribution >= 0.6 is 0 Å². The van der Waals surface area contributed by atoms with Crippen LogP contribution in [0, 0.1) is 0 Å². The first-order valence-electron chi connectivity index (χ1n) is 5.01. The number of benzene rings is 1. The molecule has 0 aliphatic rings. The molecular formula is C11H13N3O3. The Morgan fingerprint density at radius 3 is 2.59 bits per heavy atom. The molecule has 2 rings (SSSR count). The molecular weight excluding hydrogens is 222 g/mol. The average Bonchev–Trinajstić information content (AvgIpc) is 2.90. The standard InChI is InChI=1S/C11H13N3O3/c1-16-8-4-3-7(5-9(8)17-2)10(15)11-12-6-13-14-11/h3-6,10,15H,1-2H3,(H,12,13,14). The zero-order valence-corrected chi connectivity index (χ0v) is 9.54. The van der Waals surface area contributed by atoms with Gasteiger partial charge in [0.1, 0.15) is 12.4 Å². The van der Waals surface area contributed by atoms with Crippen molar-refractivity contribution in [2.75, 3.05) is 14.2 Å². The van der Waals surface area contributed by atoms with Gasteiger partial charge in [-0.15, -0.1) is 0 Å². The lowest BCUT2D eigenvalue weighted by molar-refractivity contribution is 0.209. The first-order valence-corrected chi connectivity index (χ1v) is 5.01. The highest BCUT2D eigenvalue weighted by Gasteiger charge is 2.15. The molecule has 2 N–H and O–H groups in total. The molecule has 0 aliphatic heterocycles. The molecule has 0 bridgehead atoms. The summed E-state index contributed by atoms with van der Waals surface area (Å²) in [6.45, 7) is 0. The molecule has 90 valence electrons. The Balaban J connectivity index is 2.33. The molecule has 0 spiro atoms. The molecule has 0 fully saturated rings. The molecule has 0 amide bonds. The maximum atomic E-state index is 10.0. The highest BCUT2D eigenvalue weighted by atomic mass is 16.5. The molecule has 17 heavy (non-hydrogen) atoms. The number of rotatable bonds is 4. The van der Waals surface area contributed by atoms with E-state index in [1.165, 1.54) is 6.33 Å². The van der Waals surface area contributed by atoms with E-state index in [1.54, 1.807) is 32.4 Å². The summed E-state index contributed by atoms with van der Waals surface area (Å²) in [4.78, 5) is 3.90. The summed E-state index contributed by atoms with van der Waals surface area (Å²) in [5.41, 5.74) is 0.652. The number of aromatic nitrogens is 3. The number of aliphatic hydroxyl groups is 1. The number of nitrogens with zero attached hydrogens (tertiary/aromatic N) is 2. The second-order valence-electron chi connectivity index (χ2n) is 3.39. The third-order valence-corrected chi connectivity index (χ3v) is 2.42.